The summed E-state index contributed by atoms with van der Waals surface area (Å²) in [7, 11) is 0. The summed E-state index contributed by atoms with van der Waals surface area (Å²) in [4.78, 5) is 20.4. The molecule has 40 heavy (non-hydrogen) atoms. The van der Waals surface area contributed by atoms with Gasteiger partial charge < -0.3 is 14.4 Å². The first-order valence-corrected chi connectivity index (χ1v) is 14.2. The molecule has 0 spiro atoms. The van der Waals surface area contributed by atoms with Crippen LogP contribution in [0.1, 0.15) is 45.6 Å². The molecule has 1 aromatic heterocycles. The molecule has 2 aromatic rings. The molecule has 3 heterocycles. The Morgan fingerprint density at radius 1 is 1.30 bits per heavy atom. The standard InChI is InChI=1S/C30H39F2N5O3/c1-21(2)37(22(3)38)15-23-10-11-35(14-23)26-5-7-27(8-6-26)39-16-24-13-30(40-17-24,18-36-20-33-19-34-36)28-9-4-25(31)12-29(28)32/h4-5,7-9,12,19-21,23-24,26H,6,10-11,13-18H2,1-3H3/t23?,24-,26?,30+/m1/s1. The minimum Gasteiger partial charge on any atom is -0.494 e. The number of nitrogens with zero attached hydrogens (tertiary/aromatic N) is 5. The van der Waals surface area contributed by atoms with Crippen LogP contribution in [-0.4, -0.2) is 75.4 Å². The van der Waals surface area contributed by atoms with Crippen molar-refractivity contribution in [3.8, 4) is 0 Å². The van der Waals surface area contributed by atoms with Crippen molar-refractivity contribution in [2.75, 3.05) is 32.8 Å². The molecule has 4 atom stereocenters. The van der Waals surface area contributed by atoms with Crippen LogP contribution in [0.3, 0.4) is 0 Å². The summed E-state index contributed by atoms with van der Waals surface area (Å²) in [6, 6.07) is 4.16. The minimum absolute atomic E-state index is 0.0320. The van der Waals surface area contributed by atoms with Crippen molar-refractivity contribution in [3.63, 3.8) is 0 Å². The number of amides is 1. The Bertz CT molecular complexity index is 1230. The lowest BCUT2D eigenvalue weighted by Gasteiger charge is -2.30. The van der Waals surface area contributed by atoms with E-state index in [4.69, 9.17) is 9.47 Å². The Kier molecular flexibility index (Phi) is 8.65. The molecule has 2 saturated heterocycles. The first-order chi connectivity index (χ1) is 19.2. The van der Waals surface area contributed by atoms with Crippen molar-refractivity contribution in [1.82, 2.24) is 24.6 Å². The van der Waals surface area contributed by atoms with Gasteiger partial charge in [-0.15, -0.1) is 0 Å². The van der Waals surface area contributed by atoms with Crippen LogP contribution in [0.5, 0.6) is 0 Å². The minimum atomic E-state index is -0.985. The van der Waals surface area contributed by atoms with E-state index in [1.807, 2.05) is 11.0 Å². The normalized spacial score (nSPS) is 26.9. The molecule has 5 rings (SSSR count). The van der Waals surface area contributed by atoms with E-state index in [9.17, 15) is 13.6 Å². The van der Waals surface area contributed by atoms with Crippen molar-refractivity contribution < 1.29 is 23.0 Å². The van der Waals surface area contributed by atoms with Gasteiger partial charge in [-0.2, -0.15) is 5.10 Å². The van der Waals surface area contributed by atoms with Crippen LogP contribution in [0, 0.1) is 23.5 Å². The second kappa shape index (κ2) is 12.2. The van der Waals surface area contributed by atoms with E-state index in [1.165, 1.54) is 18.5 Å². The Morgan fingerprint density at radius 3 is 2.83 bits per heavy atom. The first-order valence-electron chi connectivity index (χ1n) is 14.2. The number of halogens is 2. The maximum absolute atomic E-state index is 14.9. The van der Waals surface area contributed by atoms with Crippen molar-refractivity contribution in [1.29, 1.82) is 0 Å². The number of ether oxygens (including phenoxy) is 2. The lowest BCUT2D eigenvalue weighted by Crippen LogP contribution is -2.40. The predicted octanol–water partition coefficient (Wildman–Crippen LogP) is 4.30. The Hall–Kier alpha value is -3.11. The van der Waals surface area contributed by atoms with E-state index in [0.717, 1.165) is 44.3 Å². The monoisotopic (exact) mass is 555 g/mol. The van der Waals surface area contributed by atoms with Gasteiger partial charge in [0, 0.05) is 49.6 Å². The van der Waals surface area contributed by atoms with Gasteiger partial charge in [-0.25, -0.2) is 18.4 Å². The molecule has 3 aliphatic rings. The Morgan fingerprint density at radius 2 is 2.15 bits per heavy atom. The van der Waals surface area contributed by atoms with Gasteiger partial charge in [-0.1, -0.05) is 12.1 Å². The Balaban J connectivity index is 1.14. The highest BCUT2D eigenvalue weighted by atomic mass is 19.1. The third-order valence-electron chi connectivity index (χ3n) is 8.32. The van der Waals surface area contributed by atoms with Gasteiger partial charge in [-0.3, -0.25) is 9.69 Å². The molecule has 1 aromatic carbocycles. The van der Waals surface area contributed by atoms with Crippen molar-refractivity contribution in [3.05, 3.63) is 72.0 Å². The van der Waals surface area contributed by atoms with Crippen LogP contribution in [0.4, 0.5) is 8.78 Å². The highest BCUT2D eigenvalue weighted by Crippen LogP contribution is 2.42. The number of hydrogen-bond donors (Lipinski definition) is 0. The Labute approximate surface area is 234 Å². The van der Waals surface area contributed by atoms with Crippen LogP contribution in [-0.2, 0) is 26.4 Å². The van der Waals surface area contributed by atoms with Crippen molar-refractivity contribution in [2.45, 2.75) is 64.3 Å². The van der Waals surface area contributed by atoms with Crippen molar-refractivity contribution in [2.24, 2.45) is 11.8 Å². The number of carbonyl (C=O) groups is 1. The number of benzene rings is 1. The lowest BCUT2D eigenvalue weighted by atomic mass is 9.87. The van der Waals surface area contributed by atoms with Gasteiger partial charge in [-0.05, 0) is 63.8 Å². The average Bonchev–Trinajstić information content (AvgIpc) is 3.68. The summed E-state index contributed by atoms with van der Waals surface area (Å²) in [5, 5.41) is 4.17. The van der Waals surface area contributed by atoms with Crippen LogP contribution in [0.15, 0.2) is 54.8 Å². The fourth-order valence-corrected chi connectivity index (χ4v) is 6.26. The number of carbonyl (C=O) groups excluding carboxylic acids is 1. The summed E-state index contributed by atoms with van der Waals surface area (Å²) in [6.45, 7) is 9.73. The van der Waals surface area contributed by atoms with E-state index in [1.54, 1.807) is 17.9 Å². The second-order valence-electron chi connectivity index (χ2n) is 11.6. The first kappa shape index (κ1) is 28.4. The molecule has 2 fully saturated rings. The number of hydrogen-bond acceptors (Lipinski definition) is 6. The second-order valence-corrected chi connectivity index (χ2v) is 11.6. The molecule has 0 radical (unpaired) electrons. The number of allylic oxidation sites excluding steroid dienone is 1. The van der Waals surface area contributed by atoms with E-state index in [-0.39, 0.29) is 24.4 Å². The maximum Gasteiger partial charge on any atom is 0.219 e. The molecule has 1 amide bonds. The van der Waals surface area contributed by atoms with Gasteiger partial charge in [0.25, 0.3) is 0 Å². The van der Waals surface area contributed by atoms with Gasteiger partial charge in [0.2, 0.25) is 5.91 Å². The van der Waals surface area contributed by atoms with E-state index >= 15 is 0 Å². The zero-order chi connectivity index (χ0) is 28.3. The molecule has 0 N–H and O–H groups in total. The van der Waals surface area contributed by atoms with E-state index in [0.29, 0.717) is 37.2 Å². The van der Waals surface area contributed by atoms with Gasteiger partial charge in [0.05, 0.1) is 19.8 Å². The highest BCUT2D eigenvalue weighted by Gasteiger charge is 2.44. The van der Waals surface area contributed by atoms with E-state index < -0.39 is 17.2 Å². The number of rotatable bonds is 10. The van der Waals surface area contributed by atoms with Crippen LogP contribution < -0.4 is 0 Å². The maximum atomic E-state index is 14.9. The summed E-state index contributed by atoms with van der Waals surface area (Å²) in [5.41, 5.74) is -0.670. The molecule has 1 aliphatic carbocycles. The molecular formula is C30H39F2N5O3. The smallest absolute Gasteiger partial charge is 0.219 e. The number of aromatic nitrogens is 3. The third-order valence-corrected chi connectivity index (χ3v) is 8.32. The third kappa shape index (κ3) is 6.44. The lowest BCUT2D eigenvalue weighted by molar-refractivity contribution is -0.131. The highest BCUT2D eigenvalue weighted by molar-refractivity contribution is 5.73. The molecular weight excluding hydrogens is 516 g/mol. The fraction of sp³-hybridized carbons (Fsp3) is 0.567. The molecule has 216 valence electrons. The summed E-state index contributed by atoms with van der Waals surface area (Å²) < 4.78 is 42.5. The van der Waals surface area contributed by atoms with Crippen LogP contribution in [0.25, 0.3) is 0 Å². The van der Waals surface area contributed by atoms with E-state index in [2.05, 4.69) is 41.0 Å². The van der Waals surface area contributed by atoms with Crippen molar-refractivity contribution >= 4 is 5.91 Å². The quantitative estimate of drug-likeness (QED) is 0.436. The van der Waals surface area contributed by atoms with Gasteiger partial charge in [0.15, 0.2) is 0 Å². The molecule has 0 bridgehead atoms. The SMILES string of the molecule is CC(=O)N(CC1CCN(C2C=CC(OC[C@@H]3CO[C@@](Cn4cncn4)(c4ccc(F)cc4F)C3)=CC2)C1)C(C)C. The molecule has 8 nitrogen and oxygen atoms in total. The zero-order valence-corrected chi connectivity index (χ0v) is 23.5. The van der Waals surface area contributed by atoms with Gasteiger partial charge in [0.1, 0.15) is 35.6 Å². The summed E-state index contributed by atoms with van der Waals surface area (Å²) in [5.74, 6) is 0.241. The van der Waals surface area contributed by atoms with Crippen LogP contribution >= 0.6 is 0 Å². The average molecular weight is 556 g/mol. The number of likely N-dealkylation sites (tertiary alicyclic amines) is 1. The summed E-state index contributed by atoms with van der Waals surface area (Å²) in [6.07, 6.45) is 11.8. The summed E-state index contributed by atoms with van der Waals surface area (Å²) >= 11 is 0. The largest absolute Gasteiger partial charge is 0.494 e. The molecule has 10 heteroatoms. The predicted molar refractivity (Wildman–Crippen MR) is 146 cm³/mol. The van der Waals surface area contributed by atoms with Gasteiger partial charge >= 0.3 is 0 Å². The molecule has 2 aliphatic heterocycles. The topological polar surface area (TPSA) is 72.7 Å². The molecule has 2 unspecified atom stereocenters. The fourth-order valence-electron chi connectivity index (χ4n) is 6.26. The zero-order valence-electron chi connectivity index (χ0n) is 23.5. The molecule has 0 saturated carbocycles. The van der Waals surface area contributed by atoms with Crippen LogP contribution in [0.2, 0.25) is 0 Å².